The van der Waals surface area contributed by atoms with Gasteiger partial charge in [-0.25, -0.2) is 14.4 Å². The summed E-state index contributed by atoms with van der Waals surface area (Å²) in [6.07, 6.45) is 1.08. The van der Waals surface area contributed by atoms with E-state index in [9.17, 15) is 14.4 Å². The van der Waals surface area contributed by atoms with Crippen molar-refractivity contribution in [2.24, 2.45) is 4.99 Å². The number of amides is 2. The van der Waals surface area contributed by atoms with Crippen molar-refractivity contribution in [3.8, 4) is 0 Å². The van der Waals surface area contributed by atoms with E-state index in [4.69, 9.17) is 4.74 Å². The van der Waals surface area contributed by atoms with Crippen molar-refractivity contribution in [1.82, 2.24) is 5.32 Å². The third-order valence-corrected chi connectivity index (χ3v) is 2.33. The predicted octanol–water partition coefficient (Wildman–Crippen LogP) is 0.790. The Bertz CT molecular complexity index is 497. The molecule has 1 aromatic rings. The van der Waals surface area contributed by atoms with Crippen molar-refractivity contribution in [3.05, 3.63) is 35.9 Å². The van der Waals surface area contributed by atoms with Crippen LogP contribution in [0.2, 0.25) is 0 Å². The van der Waals surface area contributed by atoms with Gasteiger partial charge in [-0.15, -0.1) is 4.99 Å². The molecule has 0 unspecified atom stereocenters. The van der Waals surface area contributed by atoms with Crippen LogP contribution in [-0.2, 0) is 25.7 Å². The zero-order valence-corrected chi connectivity index (χ0v) is 10.9. The molecule has 0 aliphatic rings. The number of methoxy groups -OCH3 is 1. The monoisotopic (exact) mass is 278 g/mol. The zero-order valence-electron chi connectivity index (χ0n) is 10.9. The first kappa shape index (κ1) is 15.6. The number of carbonyl (C=O) groups excluding carboxylic acids is 3. The second kappa shape index (κ2) is 8.58. The normalized spacial score (nSPS) is 11.1. The number of urea groups is 1. The largest absolute Gasteiger partial charge is 0.467 e. The third kappa shape index (κ3) is 5.43. The van der Waals surface area contributed by atoms with Gasteiger partial charge in [-0.05, 0) is 5.56 Å². The molecular formula is C13H14N2O5. The summed E-state index contributed by atoms with van der Waals surface area (Å²) in [4.78, 5) is 35.3. The maximum absolute atomic E-state index is 11.4. The maximum Gasteiger partial charge on any atom is 0.352 e. The van der Waals surface area contributed by atoms with Gasteiger partial charge in [0.15, 0.2) is 6.04 Å². The van der Waals surface area contributed by atoms with Crippen LogP contribution in [-0.4, -0.2) is 37.8 Å². The molecule has 0 aromatic heterocycles. The van der Waals surface area contributed by atoms with Crippen LogP contribution in [0.5, 0.6) is 0 Å². The van der Waals surface area contributed by atoms with Crippen LogP contribution in [0.25, 0.3) is 0 Å². The Labute approximate surface area is 115 Å². The Hall–Kier alpha value is -2.50. The van der Waals surface area contributed by atoms with Gasteiger partial charge in [0.05, 0.1) is 20.3 Å². The smallest absolute Gasteiger partial charge is 0.352 e. The van der Waals surface area contributed by atoms with Crippen molar-refractivity contribution in [2.45, 2.75) is 12.6 Å². The number of aliphatic imine (C=N–C) groups is 1. The average molecular weight is 278 g/mol. The number of nitrogens with zero attached hydrogens (tertiary/aromatic N) is 1. The fourth-order valence-electron chi connectivity index (χ4n) is 1.40. The van der Waals surface area contributed by atoms with Crippen LogP contribution >= 0.6 is 0 Å². The van der Waals surface area contributed by atoms with Crippen molar-refractivity contribution in [3.63, 3.8) is 0 Å². The first-order chi connectivity index (χ1) is 9.67. The number of carbonyl (C=O) groups is 2. The summed E-state index contributed by atoms with van der Waals surface area (Å²) < 4.78 is 9.85. The van der Waals surface area contributed by atoms with E-state index >= 15 is 0 Å². The van der Waals surface area contributed by atoms with Crippen molar-refractivity contribution in [2.75, 3.05) is 13.7 Å². The molecule has 1 rings (SSSR count). The van der Waals surface area contributed by atoms with Crippen molar-refractivity contribution >= 4 is 18.1 Å². The van der Waals surface area contributed by atoms with Gasteiger partial charge >= 0.3 is 12.0 Å². The second-order valence-corrected chi connectivity index (χ2v) is 3.73. The molecule has 0 saturated carbocycles. The van der Waals surface area contributed by atoms with E-state index < -0.39 is 18.0 Å². The van der Waals surface area contributed by atoms with Gasteiger partial charge in [-0.2, -0.15) is 0 Å². The van der Waals surface area contributed by atoms with Gasteiger partial charge in [-0.3, -0.25) is 0 Å². The van der Waals surface area contributed by atoms with E-state index in [0.717, 1.165) is 11.6 Å². The lowest BCUT2D eigenvalue weighted by Gasteiger charge is -2.14. The van der Waals surface area contributed by atoms with Gasteiger partial charge in [0.1, 0.15) is 0 Å². The predicted molar refractivity (Wildman–Crippen MR) is 68.6 cm³/mol. The summed E-state index contributed by atoms with van der Waals surface area (Å²) in [6.45, 7) is 0.183. The molecule has 0 heterocycles. The Morgan fingerprint density at radius 3 is 2.65 bits per heavy atom. The molecule has 7 heteroatoms. The number of esters is 1. The van der Waals surface area contributed by atoms with E-state index in [2.05, 4.69) is 15.0 Å². The molecule has 20 heavy (non-hydrogen) atoms. The number of hydrogen-bond donors (Lipinski definition) is 1. The topological polar surface area (TPSA) is 94.1 Å². The minimum Gasteiger partial charge on any atom is -0.467 e. The molecule has 7 nitrogen and oxygen atoms in total. The molecular weight excluding hydrogens is 264 g/mol. The molecule has 1 N–H and O–H groups in total. The van der Waals surface area contributed by atoms with Gasteiger partial charge in [0.25, 0.3) is 0 Å². The van der Waals surface area contributed by atoms with Crippen LogP contribution < -0.4 is 5.32 Å². The number of rotatable bonds is 6. The van der Waals surface area contributed by atoms with Crippen molar-refractivity contribution in [1.29, 1.82) is 0 Å². The lowest BCUT2D eigenvalue weighted by molar-refractivity contribution is -0.144. The number of hydrogen-bond acceptors (Lipinski definition) is 5. The minimum absolute atomic E-state index is 0.0956. The van der Waals surface area contributed by atoms with Gasteiger partial charge in [0, 0.05) is 0 Å². The number of nitrogens with one attached hydrogen (secondary N) is 1. The molecule has 1 aromatic carbocycles. The number of benzene rings is 1. The second-order valence-electron chi connectivity index (χ2n) is 3.73. The highest BCUT2D eigenvalue weighted by atomic mass is 16.5. The lowest BCUT2D eigenvalue weighted by Crippen LogP contribution is -2.43. The van der Waals surface area contributed by atoms with E-state index in [0.29, 0.717) is 0 Å². The minimum atomic E-state index is -1.03. The van der Waals surface area contributed by atoms with E-state index in [-0.39, 0.29) is 13.2 Å². The summed E-state index contributed by atoms with van der Waals surface area (Å²) in [5.41, 5.74) is 0.924. The highest BCUT2D eigenvalue weighted by Gasteiger charge is 2.21. The third-order valence-electron chi connectivity index (χ3n) is 2.33. The Balaban J connectivity index is 2.50. The summed E-state index contributed by atoms with van der Waals surface area (Å²) >= 11 is 0. The molecule has 0 bridgehead atoms. The first-order valence-corrected chi connectivity index (χ1v) is 5.75. The average Bonchev–Trinajstić information content (AvgIpc) is 2.46. The standard InChI is InChI=1S/C13H14N2O5/c1-19-12(17)11(15-13(18)14-9-16)8-20-7-10-5-3-2-4-6-10/h2-6,11H,7-8H2,1H3,(H,15,18)/t11-/m0/s1. The Kier molecular flexibility index (Phi) is 6.67. The summed E-state index contributed by atoms with van der Waals surface area (Å²) in [7, 11) is 1.18. The van der Waals surface area contributed by atoms with Crippen LogP contribution in [0.1, 0.15) is 5.56 Å². The molecule has 0 saturated heterocycles. The zero-order chi connectivity index (χ0) is 14.8. The molecule has 2 amide bonds. The van der Waals surface area contributed by atoms with Gasteiger partial charge < -0.3 is 14.8 Å². The van der Waals surface area contributed by atoms with Crippen molar-refractivity contribution < 1.29 is 23.9 Å². The van der Waals surface area contributed by atoms with Gasteiger partial charge in [-0.1, -0.05) is 30.3 Å². The summed E-state index contributed by atoms with van der Waals surface area (Å²) in [5.74, 6) is -0.687. The van der Waals surface area contributed by atoms with Crippen LogP contribution in [0, 0.1) is 0 Å². The number of ether oxygens (including phenoxy) is 2. The number of isocyanates is 1. The first-order valence-electron chi connectivity index (χ1n) is 5.75. The molecule has 106 valence electrons. The quantitative estimate of drug-likeness (QED) is 0.471. The highest BCUT2D eigenvalue weighted by Crippen LogP contribution is 2.01. The van der Waals surface area contributed by atoms with Crippen LogP contribution in [0.4, 0.5) is 4.79 Å². The molecule has 1 atom stereocenters. The Morgan fingerprint density at radius 1 is 1.35 bits per heavy atom. The van der Waals surface area contributed by atoms with E-state index in [1.807, 2.05) is 30.3 Å². The fourth-order valence-corrected chi connectivity index (χ4v) is 1.40. The lowest BCUT2D eigenvalue weighted by atomic mass is 10.2. The molecule has 0 spiro atoms. The highest BCUT2D eigenvalue weighted by molar-refractivity contribution is 5.86. The SMILES string of the molecule is COC(=O)[C@H](COCc1ccccc1)NC(=O)N=C=O. The van der Waals surface area contributed by atoms with Crippen LogP contribution in [0.3, 0.4) is 0 Å². The molecule has 0 aliphatic carbocycles. The van der Waals surface area contributed by atoms with E-state index in [1.165, 1.54) is 7.11 Å². The van der Waals surface area contributed by atoms with Crippen LogP contribution in [0.15, 0.2) is 35.3 Å². The summed E-state index contributed by atoms with van der Waals surface area (Å²) in [5, 5.41) is 2.19. The summed E-state index contributed by atoms with van der Waals surface area (Å²) in [6, 6.07) is 7.31. The van der Waals surface area contributed by atoms with E-state index in [1.54, 1.807) is 0 Å². The molecule has 0 radical (unpaired) electrons. The Morgan fingerprint density at radius 2 is 2.05 bits per heavy atom. The molecule has 0 fully saturated rings. The fraction of sp³-hybridized carbons (Fsp3) is 0.308. The maximum atomic E-state index is 11.4. The van der Waals surface area contributed by atoms with Gasteiger partial charge in [0.2, 0.25) is 6.08 Å². The molecule has 0 aliphatic heterocycles.